The molecular formula is C18H26N2O4. The van der Waals surface area contributed by atoms with Crippen molar-refractivity contribution in [1.82, 2.24) is 9.78 Å². The fraction of sp³-hybridized carbons (Fsp3) is 0.611. The second kappa shape index (κ2) is 7.64. The van der Waals surface area contributed by atoms with Crippen molar-refractivity contribution in [2.75, 3.05) is 6.61 Å². The Morgan fingerprint density at radius 3 is 2.62 bits per heavy atom. The molecule has 132 valence electrons. The summed E-state index contributed by atoms with van der Waals surface area (Å²) in [6, 6.07) is -0.955. The van der Waals surface area contributed by atoms with Crippen LogP contribution in [-0.4, -0.2) is 27.5 Å². The van der Waals surface area contributed by atoms with Crippen molar-refractivity contribution >= 4 is 12.0 Å². The summed E-state index contributed by atoms with van der Waals surface area (Å²) in [7, 11) is 0. The summed E-state index contributed by atoms with van der Waals surface area (Å²) in [5, 5.41) is 13.9. The fourth-order valence-electron chi connectivity index (χ4n) is 2.92. The summed E-state index contributed by atoms with van der Waals surface area (Å²) in [5.74, 6) is -0.545. The molecular weight excluding hydrogens is 308 g/mol. The van der Waals surface area contributed by atoms with Crippen LogP contribution in [0.3, 0.4) is 0 Å². The van der Waals surface area contributed by atoms with Crippen LogP contribution in [0.25, 0.3) is 6.08 Å². The Morgan fingerprint density at radius 2 is 2.12 bits per heavy atom. The molecule has 24 heavy (non-hydrogen) atoms. The minimum atomic E-state index is -1.03. The third kappa shape index (κ3) is 4.04. The number of nitrogens with zero attached hydrogens (tertiary/aromatic N) is 2. The van der Waals surface area contributed by atoms with Gasteiger partial charge in [0.1, 0.15) is 0 Å². The Hall–Kier alpha value is -2.11. The van der Waals surface area contributed by atoms with E-state index in [1.54, 1.807) is 6.08 Å². The SMILES string of the molecule is CCO/C=C/c1c(C2CC2)c(C)nn([C@@H](CC(C)C)C(=O)O)c1=O. The van der Waals surface area contributed by atoms with Gasteiger partial charge in [-0.25, -0.2) is 9.48 Å². The molecule has 6 nitrogen and oxygen atoms in total. The van der Waals surface area contributed by atoms with E-state index in [2.05, 4.69) is 5.10 Å². The Balaban J connectivity index is 2.57. The van der Waals surface area contributed by atoms with Crippen LogP contribution in [0.2, 0.25) is 0 Å². The van der Waals surface area contributed by atoms with E-state index in [1.807, 2.05) is 27.7 Å². The van der Waals surface area contributed by atoms with Crippen molar-refractivity contribution < 1.29 is 14.6 Å². The first-order valence-electron chi connectivity index (χ1n) is 8.51. The van der Waals surface area contributed by atoms with Gasteiger partial charge in [-0.05, 0) is 56.6 Å². The van der Waals surface area contributed by atoms with Gasteiger partial charge in [0.25, 0.3) is 5.56 Å². The smallest absolute Gasteiger partial charge is 0.328 e. The van der Waals surface area contributed by atoms with Crippen molar-refractivity contribution in [2.45, 2.75) is 58.9 Å². The summed E-state index contributed by atoms with van der Waals surface area (Å²) in [6.07, 6.45) is 5.59. The molecule has 0 aromatic carbocycles. The van der Waals surface area contributed by atoms with Gasteiger partial charge in [0.15, 0.2) is 6.04 Å². The summed E-state index contributed by atoms with van der Waals surface area (Å²) in [6.45, 7) is 8.09. The first-order chi connectivity index (χ1) is 11.4. The van der Waals surface area contributed by atoms with Crippen molar-refractivity contribution in [1.29, 1.82) is 0 Å². The second-order valence-corrected chi connectivity index (χ2v) is 6.68. The van der Waals surface area contributed by atoms with Crippen LogP contribution in [0, 0.1) is 12.8 Å². The molecule has 1 saturated carbocycles. The van der Waals surface area contributed by atoms with Crippen molar-refractivity contribution in [3.63, 3.8) is 0 Å². The van der Waals surface area contributed by atoms with Gasteiger partial charge in [-0.15, -0.1) is 0 Å². The molecule has 0 aliphatic heterocycles. The lowest BCUT2D eigenvalue weighted by Gasteiger charge is -2.19. The second-order valence-electron chi connectivity index (χ2n) is 6.68. The minimum Gasteiger partial charge on any atom is -0.501 e. The molecule has 0 bridgehead atoms. The number of aromatic nitrogens is 2. The van der Waals surface area contributed by atoms with Gasteiger partial charge in [-0.3, -0.25) is 4.79 Å². The zero-order valence-electron chi connectivity index (χ0n) is 14.8. The summed E-state index contributed by atoms with van der Waals surface area (Å²) >= 11 is 0. The van der Waals surface area contributed by atoms with E-state index in [9.17, 15) is 14.7 Å². The quantitative estimate of drug-likeness (QED) is 0.739. The van der Waals surface area contributed by atoms with Gasteiger partial charge in [-0.1, -0.05) is 13.8 Å². The molecule has 1 atom stereocenters. The number of aliphatic carboxylic acids is 1. The summed E-state index contributed by atoms with van der Waals surface area (Å²) in [4.78, 5) is 24.6. The molecule has 0 spiro atoms. The summed E-state index contributed by atoms with van der Waals surface area (Å²) in [5.41, 5.74) is 1.81. The molecule has 2 rings (SSSR count). The maximum absolute atomic E-state index is 12.9. The van der Waals surface area contributed by atoms with Gasteiger partial charge in [0, 0.05) is 5.56 Å². The molecule has 0 amide bonds. The maximum Gasteiger partial charge on any atom is 0.328 e. The van der Waals surface area contributed by atoms with Crippen LogP contribution in [0.4, 0.5) is 0 Å². The van der Waals surface area contributed by atoms with E-state index < -0.39 is 12.0 Å². The highest BCUT2D eigenvalue weighted by molar-refractivity contribution is 5.72. The van der Waals surface area contributed by atoms with E-state index in [4.69, 9.17) is 4.74 Å². The largest absolute Gasteiger partial charge is 0.501 e. The minimum absolute atomic E-state index is 0.144. The number of carbonyl (C=O) groups is 1. The Kier molecular flexibility index (Phi) is 5.80. The third-order valence-corrected chi connectivity index (χ3v) is 4.13. The molecule has 1 aromatic rings. The van der Waals surface area contributed by atoms with Crippen molar-refractivity contribution in [3.05, 3.63) is 33.4 Å². The topological polar surface area (TPSA) is 81.4 Å². The standard InChI is InChI=1S/C18H26N2O4/c1-5-24-9-8-14-16(13-6-7-13)12(4)19-20(17(14)21)15(18(22)23)10-11(2)3/h8-9,11,13,15H,5-7,10H2,1-4H3,(H,22,23)/b9-8+/t15-/m0/s1. The van der Waals surface area contributed by atoms with Crippen LogP contribution in [-0.2, 0) is 9.53 Å². The van der Waals surface area contributed by atoms with Gasteiger partial charge in [-0.2, -0.15) is 5.10 Å². The lowest BCUT2D eigenvalue weighted by atomic mass is 10.0. The Labute approximate surface area is 142 Å². The predicted octanol–water partition coefficient (Wildman–Crippen LogP) is 3.11. The first-order valence-corrected chi connectivity index (χ1v) is 8.51. The number of hydrogen-bond donors (Lipinski definition) is 1. The predicted molar refractivity (Wildman–Crippen MR) is 92.0 cm³/mol. The number of ether oxygens (including phenoxy) is 1. The third-order valence-electron chi connectivity index (χ3n) is 4.13. The number of carboxylic acid groups (broad SMARTS) is 1. The van der Waals surface area contributed by atoms with E-state index in [1.165, 1.54) is 6.26 Å². The number of rotatable bonds is 8. The highest BCUT2D eigenvalue weighted by Gasteiger charge is 2.32. The highest BCUT2D eigenvalue weighted by atomic mass is 16.5. The maximum atomic E-state index is 12.9. The Morgan fingerprint density at radius 1 is 1.46 bits per heavy atom. The van der Waals surface area contributed by atoms with E-state index in [0.717, 1.165) is 28.8 Å². The fourth-order valence-corrected chi connectivity index (χ4v) is 2.92. The molecule has 1 aliphatic rings. The average Bonchev–Trinajstić information content (AvgIpc) is 3.32. The molecule has 6 heteroatoms. The number of hydrogen-bond acceptors (Lipinski definition) is 4. The summed E-state index contributed by atoms with van der Waals surface area (Å²) < 4.78 is 6.37. The molecule has 0 radical (unpaired) electrons. The highest BCUT2D eigenvalue weighted by Crippen LogP contribution is 2.42. The van der Waals surface area contributed by atoms with Crippen LogP contribution >= 0.6 is 0 Å². The van der Waals surface area contributed by atoms with Gasteiger partial charge in [0.05, 0.1) is 18.6 Å². The molecule has 1 fully saturated rings. The van der Waals surface area contributed by atoms with Crippen molar-refractivity contribution in [3.8, 4) is 0 Å². The zero-order chi connectivity index (χ0) is 17.9. The van der Waals surface area contributed by atoms with E-state index >= 15 is 0 Å². The van der Waals surface area contributed by atoms with Gasteiger partial charge < -0.3 is 9.84 Å². The van der Waals surface area contributed by atoms with Gasteiger partial charge in [0.2, 0.25) is 0 Å². The zero-order valence-corrected chi connectivity index (χ0v) is 14.8. The molecule has 1 aromatic heterocycles. The van der Waals surface area contributed by atoms with Crippen LogP contribution in [0.5, 0.6) is 0 Å². The van der Waals surface area contributed by atoms with Gasteiger partial charge >= 0.3 is 5.97 Å². The molecule has 0 unspecified atom stereocenters. The van der Waals surface area contributed by atoms with E-state index in [0.29, 0.717) is 24.5 Å². The molecule has 1 aliphatic carbocycles. The van der Waals surface area contributed by atoms with Crippen LogP contribution in [0.1, 0.15) is 68.8 Å². The first kappa shape index (κ1) is 18.2. The average molecular weight is 334 g/mol. The molecule has 1 N–H and O–H groups in total. The number of carboxylic acids is 1. The van der Waals surface area contributed by atoms with Crippen LogP contribution < -0.4 is 5.56 Å². The normalized spacial score (nSPS) is 15.9. The molecule has 0 saturated heterocycles. The van der Waals surface area contributed by atoms with E-state index in [-0.39, 0.29) is 11.5 Å². The monoisotopic (exact) mass is 334 g/mol. The Bertz CT molecular complexity index is 687. The number of aryl methyl sites for hydroxylation is 1. The molecule has 1 heterocycles. The lowest BCUT2D eigenvalue weighted by molar-refractivity contribution is -0.141. The lowest BCUT2D eigenvalue weighted by Crippen LogP contribution is -2.35. The van der Waals surface area contributed by atoms with Crippen LogP contribution in [0.15, 0.2) is 11.1 Å². The van der Waals surface area contributed by atoms with Crippen molar-refractivity contribution in [2.24, 2.45) is 5.92 Å².